The van der Waals surface area contributed by atoms with Crippen molar-refractivity contribution in [1.29, 1.82) is 0 Å². The summed E-state index contributed by atoms with van der Waals surface area (Å²) in [5.41, 5.74) is 12.7. The molecule has 0 aliphatic heterocycles. The van der Waals surface area contributed by atoms with E-state index in [1.807, 2.05) is 123 Å². The molecule has 16 aromatic rings. The van der Waals surface area contributed by atoms with Gasteiger partial charge in [0, 0.05) is 111 Å². The summed E-state index contributed by atoms with van der Waals surface area (Å²) in [5.74, 6) is -2.66. The van der Waals surface area contributed by atoms with Gasteiger partial charge in [0.05, 0.1) is 92.6 Å². The van der Waals surface area contributed by atoms with Crippen molar-refractivity contribution in [3.05, 3.63) is 416 Å². The molecule has 144 heavy (non-hydrogen) atoms. The average molecular weight is 1960 g/mol. The maximum Gasteiger partial charge on any atom is 0.338 e. The Bertz CT molecular complexity index is 6870. The fourth-order valence-corrected chi connectivity index (χ4v) is 17.6. The van der Waals surface area contributed by atoms with Crippen molar-refractivity contribution >= 4 is 67.5 Å². The van der Waals surface area contributed by atoms with Gasteiger partial charge in [-0.2, -0.15) is 0 Å². The second-order valence-electron chi connectivity index (χ2n) is 37.5. The van der Waals surface area contributed by atoms with Crippen LogP contribution in [0, 0.1) is 46.7 Å². The molecule has 0 fully saturated rings. The highest BCUT2D eigenvalue weighted by atomic mass is 19.2. The lowest BCUT2D eigenvalue weighted by Crippen LogP contribution is -2.21. The first-order valence-corrected chi connectivity index (χ1v) is 49.0. The van der Waals surface area contributed by atoms with Crippen LogP contribution in [0.4, 0.5) is 26.3 Å². The number of carbonyl (C=O) groups is 4. The molecule has 4 heterocycles. The summed E-state index contributed by atoms with van der Waals surface area (Å²) in [6.07, 6.45) is 12.2. The molecule has 0 saturated heterocycles. The molecule has 0 spiro atoms. The summed E-state index contributed by atoms with van der Waals surface area (Å²) in [7, 11) is 3.38. The minimum absolute atomic E-state index is 0.00552. The van der Waals surface area contributed by atoms with Crippen molar-refractivity contribution in [3.8, 4) is 11.5 Å². The zero-order chi connectivity index (χ0) is 102. The minimum atomic E-state index is -0.925. The number of fused-ring (bicyclic) bond motifs is 4. The van der Waals surface area contributed by atoms with Crippen LogP contribution in [0.1, 0.15) is 195 Å². The number of ether oxygens (including phenoxy) is 6. The SMILES string of the molecule is CC(C)CCCc1cc(F)c(Cn2cc(C[C@H](O)COC(=O)c3ccccc3)c3ccccc32)c(F)c1.CC(C)CCc1cc(F)c(Cn2cc(C[C@H](O)COC(=O)c3ccccc3)c3ccccc32)c(F)c1.CC(C)c1cc(F)c(Cn2cc(C[C@H](O)COC(=O)c3ccccc3)c3ccccc32)c(F)c1.CCCCc1cc(OC)c(Cn2cc(C[C@H](O)COC(=O)c3ccccc3)c3ccccc32)c(OC)c1. The van der Waals surface area contributed by atoms with Crippen molar-refractivity contribution in [2.75, 3.05) is 40.6 Å². The number of hydrogen-bond acceptors (Lipinski definition) is 14. The van der Waals surface area contributed by atoms with Crippen LogP contribution in [-0.2, 0) is 90.1 Å². The lowest BCUT2D eigenvalue weighted by atomic mass is 10.0. The highest BCUT2D eigenvalue weighted by Gasteiger charge is 2.26. The number of aliphatic hydroxyl groups is 4. The molecule has 4 atom stereocenters. The number of hydrogen-bond donors (Lipinski definition) is 4. The van der Waals surface area contributed by atoms with E-state index in [9.17, 15) is 65.9 Å². The van der Waals surface area contributed by atoms with Gasteiger partial charge < -0.3 is 67.1 Å². The molecule has 12 aromatic carbocycles. The minimum Gasteiger partial charge on any atom is -0.496 e. The molecule has 0 unspecified atom stereocenters. The summed E-state index contributed by atoms with van der Waals surface area (Å²) in [6.45, 7) is 14.5. The number of carbonyl (C=O) groups excluding carboxylic acids is 4. The highest BCUT2D eigenvalue weighted by Crippen LogP contribution is 2.37. The molecular weight excluding hydrogens is 1840 g/mol. The van der Waals surface area contributed by atoms with Crippen molar-refractivity contribution in [2.45, 2.75) is 182 Å². The van der Waals surface area contributed by atoms with E-state index in [0.717, 1.165) is 121 Å². The summed E-state index contributed by atoms with van der Waals surface area (Å²) in [5, 5.41) is 46.0. The molecule has 4 aromatic heterocycles. The topological polar surface area (TPSA) is 224 Å². The Hall–Kier alpha value is -14.3. The second-order valence-corrected chi connectivity index (χ2v) is 37.5. The third kappa shape index (κ3) is 29.3. The molecule has 0 bridgehead atoms. The van der Waals surface area contributed by atoms with Gasteiger partial charge in [0.15, 0.2) is 0 Å². The number of benzene rings is 12. The van der Waals surface area contributed by atoms with E-state index in [-0.39, 0.29) is 87.9 Å². The van der Waals surface area contributed by atoms with Gasteiger partial charge >= 0.3 is 23.9 Å². The van der Waals surface area contributed by atoms with Gasteiger partial charge in [0.2, 0.25) is 0 Å². The standard InChI is InChI=1S/C31H33F2NO3.C31H35NO5.C30H31F2NO3.C28H27F2NO3/c1-21(2)9-8-10-22-15-28(32)27(29(33)16-22)19-34-18-24(26-13-6-7-14-30(26)34)17-25(35)20-37-31(36)23-11-4-3-5-12-23;1-4-5-11-22-16-29(35-2)27(30(17-22)36-3)20-32-19-24(26-14-9-10-15-28(26)32)18-25(33)21-37-31(34)23-12-7-6-8-13-23;1-20(2)12-13-21-14-27(31)26(28(32)15-21)18-33-17-23(25-10-6-7-11-29(25)33)16-24(34)19-36-30(35)22-8-4-3-5-9-22;1-18(2)20-13-25(29)24(26(30)14-20)16-31-15-21(23-10-6-7-11-27(23)31)12-22(32)17-34-28(33)19-8-4-3-5-9-19/h3-7,11-16,18,21,25,35H,8-10,17,19-20H2,1-2H3;6-10,12-17,19,25,33H,4-5,11,18,20-21H2,1-3H3;3-11,14-15,17,20,24,34H,12-13,16,18-19H2,1-2H3;3-11,13-15,18,22,32H,12,16-17H2,1-2H3/t2*25-;24-;22-/m0000/s1. The Labute approximate surface area is 837 Å². The zero-order valence-electron chi connectivity index (χ0n) is 82.8. The molecule has 4 N–H and O–H groups in total. The molecule has 0 radical (unpaired) electrons. The lowest BCUT2D eigenvalue weighted by molar-refractivity contribution is 0.0256. The van der Waals surface area contributed by atoms with Crippen molar-refractivity contribution in [1.82, 2.24) is 18.3 Å². The smallest absolute Gasteiger partial charge is 0.338 e. The fraction of sp³-hybridized carbons (Fsp3) is 0.300. The van der Waals surface area contributed by atoms with E-state index < -0.39 is 83.2 Å². The number of methoxy groups -OCH3 is 2. The second kappa shape index (κ2) is 52.1. The maximum atomic E-state index is 15.0. The number of aliphatic hydroxyl groups excluding tert-OH is 4. The molecule has 0 saturated carbocycles. The van der Waals surface area contributed by atoms with Crippen LogP contribution < -0.4 is 9.47 Å². The Morgan fingerprint density at radius 3 is 0.826 bits per heavy atom. The number of nitrogens with zero attached hydrogens (tertiary/aromatic N) is 4. The third-order valence-corrected chi connectivity index (χ3v) is 25.3. The van der Waals surface area contributed by atoms with Crippen LogP contribution in [0.5, 0.6) is 11.5 Å². The number of aromatic nitrogens is 4. The van der Waals surface area contributed by atoms with Crippen LogP contribution in [0.25, 0.3) is 43.6 Å². The van der Waals surface area contributed by atoms with Crippen LogP contribution in [0.3, 0.4) is 0 Å². The predicted molar refractivity (Wildman–Crippen MR) is 552 cm³/mol. The van der Waals surface area contributed by atoms with Crippen LogP contribution in [0.15, 0.2) is 292 Å². The first-order chi connectivity index (χ1) is 69.5. The monoisotopic (exact) mass is 1960 g/mol. The van der Waals surface area contributed by atoms with Gasteiger partial charge in [-0.3, -0.25) is 0 Å². The van der Waals surface area contributed by atoms with Crippen molar-refractivity contribution < 1.29 is 94.4 Å². The molecule has 24 heteroatoms. The van der Waals surface area contributed by atoms with Gasteiger partial charge in [-0.05, 0) is 222 Å². The first-order valence-electron chi connectivity index (χ1n) is 49.0. The van der Waals surface area contributed by atoms with E-state index in [1.54, 1.807) is 150 Å². The van der Waals surface area contributed by atoms with Gasteiger partial charge in [0.1, 0.15) is 72.8 Å². The Morgan fingerprint density at radius 1 is 0.306 bits per heavy atom. The maximum absolute atomic E-state index is 15.0. The van der Waals surface area contributed by atoms with Crippen LogP contribution in [-0.4, -0.2) is 128 Å². The fourth-order valence-electron chi connectivity index (χ4n) is 17.6. The van der Waals surface area contributed by atoms with Crippen molar-refractivity contribution in [3.63, 3.8) is 0 Å². The average Bonchev–Trinajstić information content (AvgIpc) is 1.65. The molecule has 0 aliphatic rings. The van der Waals surface area contributed by atoms with Gasteiger partial charge in [-0.15, -0.1) is 0 Å². The molecular formula is C120H126F6N4O14. The number of halogens is 6. The third-order valence-electron chi connectivity index (χ3n) is 25.3. The van der Waals surface area contributed by atoms with Crippen molar-refractivity contribution in [2.24, 2.45) is 11.8 Å². The van der Waals surface area contributed by atoms with Gasteiger partial charge in [0.25, 0.3) is 0 Å². The van der Waals surface area contributed by atoms with Crippen LogP contribution in [0.2, 0.25) is 0 Å². The summed E-state index contributed by atoms with van der Waals surface area (Å²) >= 11 is 0. The molecule has 18 nitrogen and oxygen atoms in total. The largest absolute Gasteiger partial charge is 0.496 e. The van der Waals surface area contributed by atoms with E-state index in [4.69, 9.17) is 28.4 Å². The highest BCUT2D eigenvalue weighted by molar-refractivity contribution is 5.92. The normalized spacial score (nSPS) is 12.2. The Kier molecular flexibility index (Phi) is 38.7. The molecule has 0 aliphatic carbocycles. The molecule has 752 valence electrons. The number of rotatable bonds is 41. The summed E-state index contributed by atoms with van der Waals surface area (Å²) in [4.78, 5) is 48.8. The number of aryl methyl sites for hydroxylation is 3. The van der Waals surface area contributed by atoms with E-state index in [1.165, 1.54) is 42.0 Å². The quantitative estimate of drug-likeness (QED) is 0.0159. The van der Waals surface area contributed by atoms with E-state index in [2.05, 4.69) is 63.6 Å². The number of para-hydroxylation sites is 4. The Morgan fingerprint density at radius 2 is 0.556 bits per heavy atom. The van der Waals surface area contributed by atoms with E-state index in [0.29, 0.717) is 76.6 Å². The van der Waals surface area contributed by atoms with E-state index >= 15 is 0 Å². The van der Waals surface area contributed by atoms with Gasteiger partial charge in [-0.1, -0.05) is 207 Å². The predicted octanol–water partition coefficient (Wildman–Crippen LogP) is 24.7. The molecule has 16 rings (SSSR count). The summed E-state index contributed by atoms with van der Waals surface area (Å²) in [6, 6.07) is 78.0. The van der Waals surface area contributed by atoms with Crippen LogP contribution >= 0.6 is 0 Å². The summed E-state index contributed by atoms with van der Waals surface area (Å²) < 4.78 is 129. The number of esters is 4. The zero-order valence-corrected chi connectivity index (χ0v) is 82.8. The molecule has 0 amide bonds. The Balaban J connectivity index is 0.000000161. The lowest BCUT2D eigenvalue weighted by Gasteiger charge is -2.17. The van der Waals surface area contributed by atoms with Gasteiger partial charge in [-0.25, -0.2) is 45.5 Å². The first kappa shape index (κ1) is 107. The number of unbranched alkanes of at least 4 members (excludes halogenated alkanes) is 1.